The van der Waals surface area contributed by atoms with Crippen molar-refractivity contribution in [3.8, 4) is 0 Å². The van der Waals surface area contributed by atoms with Gasteiger partial charge in [0.15, 0.2) is 0 Å². The summed E-state index contributed by atoms with van der Waals surface area (Å²) in [5.41, 5.74) is 3.10. The molecule has 0 radical (unpaired) electrons. The molecular weight excluding hydrogens is 411 g/mol. The first-order valence-corrected chi connectivity index (χ1v) is 11.2. The molecule has 1 amide bonds. The third-order valence-corrected chi connectivity index (χ3v) is 7.06. The summed E-state index contributed by atoms with van der Waals surface area (Å²) in [6.07, 6.45) is 2.33. The van der Waals surface area contributed by atoms with E-state index in [0.717, 1.165) is 49.2 Å². The maximum Gasteiger partial charge on any atom is 0.410 e. The number of ether oxygens (including phenoxy) is 2. The van der Waals surface area contributed by atoms with E-state index in [4.69, 9.17) is 9.47 Å². The Morgan fingerprint density at radius 2 is 1.78 bits per heavy atom. The van der Waals surface area contributed by atoms with Crippen LogP contribution in [-0.4, -0.2) is 61.3 Å². The topological polar surface area (TPSA) is 59.1 Å². The van der Waals surface area contributed by atoms with Crippen LogP contribution in [0.4, 0.5) is 9.18 Å². The zero-order chi connectivity index (χ0) is 22.2. The summed E-state index contributed by atoms with van der Waals surface area (Å²) in [6.45, 7) is 3.43. The van der Waals surface area contributed by atoms with E-state index < -0.39 is 12.0 Å². The van der Waals surface area contributed by atoms with Crippen LogP contribution >= 0.6 is 0 Å². The van der Waals surface area contributed by atoms with Gasteiger partial charge in [-0.05, 0) is 79.2 Å². The van der Waals surface area contributed by atoms with Gasteiger partial charge in [-0.15, -0.1) is 0 Å². The lowest BCUT2D eigenvalue weighted by Gasteiger charge is -2.45. The van der Waals surface area contributed by atoms with Gasteiger partial charge in [0.1, 0.15) is 11.9 Å². The van der Waals surface area contributed by atoms with E-state index in [9.17, 15) is 14.0 Å². The van der Waals surface area contributed by atoms with Gasteiger partial charge in [-0.25, -0.2) is 14.0 Å². The van der Waals surface area contributed by atoms with Gasteiger partial charge in [0.2, 0.25) is 0 Å². The minimum Gasteiger partial charge on any atom is -0.465 e. The first-order chi connectivity index (χ1) is 15.5. The van der Waals surface area contributed by atoms with Crippen molar-refractivity contribution in [2.75, 3.05) is 33.3 Å². The van der Waals surface area contributed by atoms with Gasteiger partial charge in [0.05, 0.1) is 18.7 Å². The molecule has 0 spiro atoms. The Labute approximate surface area is 186 Å². The number of hydrogen-bond donors (Lipinski definition) is 0. The zero-order valence-corrected chi connectivity index (χ0v) is 18.1. The van der Waals surface area contributed by atoms with Gasteiger partial charge in [-0.2, -0.15) is 0 Å². The normalized spacial score (nSPS) is 26.4. The molecule has 4 aliphatic rings. The number of fused-ring (bicyclic) bond motifs is 4. The van der Waals surface area contributed by atoms with Crippen LogP contribution in [0.15, 0.2) is 42.5 Å². The van der Waals surface area contributed by atoms with Crippen molar-refractivity contribution >= 4 is 12.1 Å². The summed E-state index contributed by atoms with van der Waals surface area (Å²) >= 11 is 0. The van der Waals surface area contributed by atoms with Crippen LogP contribution in [-0.2, 0) is 15.9 Å². The van der Waals surface area contributed by atoms with Gasteiger partial charge in [0.25, 0.3) is 0 Å². The van der Waals surface area contributed by atoms with Crippen molar-refractivity contribution in [1.82, 2.24) is 9.80 Å². The summed E-state index contributed by atoms with van der Waals surface area (Å²) in [4.78, 5) is 29.6. The minimum atomic E-state index is -0.461. The number of rotatable bonds is 3. The molecule has 2 atom stereocenters. The van der Waals surface area contributed by atoms with Crippen LogP contribution < -0.4 is 0 Å². The molecule has 4 heterocycles. The van der Waals surface area contributed by atoms with Crippen LogP contribution in [0.5, 0.6) is 0 Å². The number of methoxy groups -OCH3 is 1. The van der Waals surface area contributed by atoms with E-state index >= 15 is 0 Å². The van der Waals surface area contributed by atoms with Gasteiger partial charge in [0, 0.05) is 13.1 Å². The molecule has 0 aromatic heterocycles. The Hall–Kier alpha value is -2.93. The predicted octanol–water partition coefficient (Wildman–Crippen LogP) is 3.79. The lowest BCUT2D eigenvalue weighted by molar-refractivity contribution is -0.0462. The number of amides is 1. The number of carbonyl (C=O) groups excluding carboxylic acids is 2. The van der Waals surface area contributed by atoms with Gasteiger partial charge >= 0.3 is 12.1 Å². The van der Waals surface area contributed by atoms with Crippen molar-refractivity contribution in [3.63, 3.8) is 0 Å². The fourth-order valence-corrected chi connectivity index (χ4v) is 5.30. The Morgan fingerprint density at radius 3 is 2.44 bits per heavy atom. The molecule has 6 rings (SSSR count). The lowest BCUT2D eigenvalue weighted by Crippen LogP contribution is -2.53. The fourth-order valence-electron chi connectivity index (χ4n) is 5.30. The highest BCUT2D eigenvalue weighted by molar-refractivity contribution is 5.89. The Kier molecular flexibility index (Phi) is 5.59. The molecule has 2 bridgehead atoms. The molecule has 2 aromatic rings. The molecule has 0 N–H and O–H groups in total. The quantitative estimate of drug-likeness (QED) is 0.683. The molecule has 3 fully saturated rings. The molecule has 4 aliphatic heterocycles. The number of hydrogen-bond acceptors (Lipinski definition) is 5. The number of esters is 1. The summed E-state index contributed by atoms with van der Waals surface area (Å²) in [5, 5.41) is 0. The van der Waals surface area contributed by atoms with Crippen LogP contribution in [0.25, 0.3) is 0 Å². The fraction of sp³-hybridized carbons (Fsp3) is 0.440. The molecule has 32 heavy (non-hydrogen) atoms. The molecule has 168 valence electrons. The van der Waals surface area contributed by atoms with Crippen LogP contribution in [0.1, 0.15) is 45.9 Å². The van der Waals surface area contributed by atoms with Crippen molar-refractivity contribution < 1.29 is 23.5 Å². The van der Waals surface area contributed by atoms with Crippen LogP contribution in [0.3, 0.4) is 0 Å². The summed E-state index contributed by atoms with van der Waals surface area (Å²) in [6, 6.07) is 11.1. The van der Waals surface area contributed by atoms with Crippen molar-refractivity contribution in [3.05, 3.63) is 70.5 Å². The monoisotopic (exact) mass is 438 g/mol. The van der Waals surface area contributed by atoms with E-state index in [1.165, 1.54) is 19.2 Å². The number of benzene rings is 2. The average molecular weight is 438 g/mol. The van der Waals surface area contributed by atoms with E-state index in [0.29, 0.717) is 24.4 Å². The molecular formula is C25H27FN2O4. The standard InChI is InChI=1S/C25H27FN2O4/c1-31-24(29)19-3-2-16-10-13-28(23(21(16)14-19)18-4-6-20(26)7-5-18)25(30)32-22-15-27-11-8-17(22)9-12-27/h2-7,14,17,22-23H,8-13,15H2,1H3/t22-,23+/m1/s1. The smallest absolute Gasteiger partial charge is 0.410 e. The van der Waals surface area contributed by atoms with E-state index in [1.807, 2.05) is 6.07 Å². The molecule has 3 saturated heterocycles. The molecule has 7 heteroatoms. The van der Waals surface area contributed by atoms with Crippen molar-refractivity contribution in [2.45, 2.75) is 31.4 Å². The third kappa shape index (κ3) is 3.86. The highest BCUT2D eigenvalue weighted by Gasteiger charge is 2.40. The van der Waals surface area contributed by atoms with Crippen LogP contribution in [0.2, 0.25) is 0 Å². The maximum absolute atomic E-state index is 13.6. The van der Waals surface area contributed by atoms with E-state index in [2.05, 4.69) is 4.90 Å². The Balaban J connectivity index is 1.48. The van der Waals surface area contributed by atoms with Gasteiger partial charge < -0.3 is 9.47 Å². The minimum absolute atomic E-state index is 0.0957. The number of piperidine rings is 3. The lowest BCUT2D eigenvalue weighted by atomic mass is 9.85. The Morgan fingerprint density at radius 1 is 1.03 bits per heavy atom. The first kappa shape index (κ1) is 20.9. The number of nitrogens with zero attached hydrogens (tertiary/aromatic N) is 2. The summed E-state index contributed by atoms with van der Waals surface area (Å²) in [7, 11) is 1.34. The summed E-state index contributed by atoms with van der Waals surface area (Å²) in [5.74, 6) is -0.358. The molecule has 6 nitrogen and oxygen atoms in total. The molecule has 0 saturated carbocycles. The second-order valence-corrected chi connectivity index (χ2v) is 8.86. The summed E-state index contributed by atoms with van der Waals surface area (Å²) < 4.78 is 24.6. The van der Waals surface area contributed by atoms with E-state index in [1.54, 1.807) is 29.2 Å². The van der Waals surface area contributed by atoms with E-state index in [-0.39, 0.29) is 18.0 Å². The van der Waals surface area contributed by atoms with Gasteiger partial charge in [-0.1, -0.05) is 18.2 Å². The molecule has 2 aromatic carbocycles. The van der Waals surface area contributed by atoms with Crippen molar-refractivity contribution in [1.29, 1.82) is 0 Å². The SMILES string of the molecule is COC(=O)c1ccc2c(c1)[C@H](c1ccc(F)cc1)N(C(=O)O[C@@H]1CN3CCC1CC3)CC2. The second kappa shape index (κ2) is 8.54. The zero-order valence-electron chi connectivity index (χ0n) is 18.1. The number of carbonyl (C=O) groups is 2. The number of halogens is 1. The Bertz CT molecular complexity index is 1020. The largest absolute Gasteiger partial charge is 0.465 e. The highest BCUT2D eigenvalue weighted by Crippen LogP contribution is 2.37. The third-order valence-electron chi connectivity index (χ3n) is 7.06. The van der Waals surface area contributed by atoms with Gasteiger partial charge in [-0.3, -0.25) is 9.80 Å². The first-order valence-electron chi connectivity index (χ1n) is 11.2. The molecule has 0 unspecified atom stereocenters. The maximum atomic E-state index is 13.6. The second-order valence-electron chi connectivity index (χ2n) is 8.86. The highest BCUT2D eigenvalue weighted by atomic mass is 19.1. The van der Waals surface area contributed by atoms with Crippen LogP contribution in [0, 0.1) is 11.7 Å². The molecule has 0 aliphatic carbocycles. The average Bonchev–Trinajstić information content (AvgIpc) is 2.83. The van der Waals surface area contributed by atoms with Crippen molar-refractivity contribution in [2.24, 2.45) is 5.92 Å². The predicted molar refractivity (Wildman–Crippen MR) is 116 cm³/mol.